The van der Waals surface area contributed by atoms with Crippen LogP contribution < -0.4 is 0 Å². The molecular formula is C9H8I2O3. The van der Waals surface area contributed by atoms with Gasteiger partial charge >= 0.3 is 5.97 Å². The van der Waals surface area contributed by atoms with Crippen LogP contribution in [-0.4, -0.2) is 16.2 Å². The molecule has 1 rings (SSSR count). The SMILES string of the molecule is CCc1c(C(=O)O)cc(I)c(O)c1I. The second kappa shape index (κ2) is 4.65. The first-order valence-corrected chi connectivity index (χ1v) is 6.07. The molecule has 0 radical (unpaired) electrons. The van der Waals surface area contributed by atoms with Crippen LogP contribution in [0.15, 0.2) is 6.07 Å². The predicted octanol–water partition coefficient (Wildman–Crippen LogP) is 2.86. The van der Waals surface area contributed by atoms with Crippen molar-refractivity contribution in [1.82, 2.24) is 0 Å². The van der Waals surface area contributed by atoms with Crippen molar-refractivity contribution >= 4 is 51.2 Å². The van der Waals surface area contributed by atoms with Gasteiger partial charge in [0.1, 0.15) is 5.75 Å². The van der Waals surface area contributed by atoms with Gasteiger partial charge in [-0.2, -0.15) is 0 Å². The van der Waals surface area contributed by atoms with E-state index in [1.807, 2.05) is 52.1 Å². The first-order valence-electron chi connectivity index (χ1n) is 3.92. The number of phenolic OH excluding ortho intramolecular Hbond substituents is 1. The number of carbonyl (C=O) groups is 1. The van der Waals surface area contributed by atoms with Gasteiger partial charge in [0.2, 0.25) is 0 Å². The summed E-state index contributed by atoms with van der Waals surface area (Å²) in [5, 5.41) is 18.6. The summed E-state index contributed by atoms with van der Waals surface area (Å²) in [7, 11) is 0. The van der Waals surface area contributed by atoms with Gasteiger partial charge in [-0.05, 0) is 63.2 Å². The van der Waals surface area contributed by atoms with Crippen LogP contribution in [0.5, 0.6) is 5.75 Å². The Balaban J connectivity index is 3.51. The Labute approximate surface area is 109 Å². The molecule has 5 heteroatoms. The molecule has 0 unspecified atom stereocenters. The third-order valence-electron chi connectivity index (χ3n) is 1.88. The summed E-state index contributed by atoms with van der Waals surface area (Å²) in [5.74, 6) is -0.772. The van der Waals surface area contributed by atoms with E-state index in [9.17, 15) is 9.90 Å². The Bertz CT molecular complexity index is 388. The number of aromatic carboxylic acids is 1. The molecule has 0 aromatic heterocycles. The first kappa shape index (κ1) is 12.0. The topological polar surface area (TPSA) is 57.5 Å². The highest BCUT2D eigenvalue weighted by Crippen LogP contribution is 2.31. The van der Waals surface area contributed by atoms with Gasteiger partial charge in [0.05, 0.1) is 12.7 Å². The fraction of sp³-hybridized carbons (Fsp3) is 0.222. The van der Waals surface area contributed by atoms with Crippen LogP contribution in [0, 0.1) is 7.14 Å². The number of aromatic hydroxyl groups is 1. The summed E-state index contributed by atoms with van der Waals surface area (Å²) in [5.41, 5.74) is 0.968. The number of rotatable bonds is 2. The van der Waals surface area contributed by atoms with Crippen molar-refractivity contribution in [3.63, 3.8) is 0 Å². The predicted molar refractivity (Wildman–Crippen MR) is 69.9 cm³/mol. The summed E-state index contributed by atoms with van der Waals surface area (Å²) in [6.45, 7) is 1.87. The zero-order valence-electron chi connectivity index (χ0n) is 7.34. The zero-order valence-corrected chi connectivity index (χ0v) is 11.7. The highest BCUT2D eigenvalue weighted by Gasteiger charge is 2.17. The lowest BCUT2D eigenvalue weighted by molar-refractivity contribution is 0.0695. The van der Waals surface area contributed by atoms with Gasteiger partial charge in [0.15, 0.2) is 0 Å². The lowest BCUT2D eigenvalue weighted by Crippen LogP contribution is -2.05. The largest absolute Gasteiger partial charge is 0.506 e. The van der Waals surface area contributed by atoms with Gasteiger partial charge in [-0.15, -0.1) is 0 Å². The number of halogens is 2. The van der Waals surface area contributed by atoms with Crippen molar-refractivity contribution in [2.45, 2.75) is 13.3 Å². The van der Waals surface area contributed by atoms with Crippen molar-refractivity contribution in [2.75, 3.05) is 0 Å². The molecule has 0 atom stereocenters. The Morgan fingerprint density at radius 2 is 2.07 bits per heavy atom. The van der Waals surface area contributed by atoms with Crippen molar-refractivity contribution in [3.05, 3.63) is 24.3 Å². The van der Waals surface area contributed by atoms with Crippen LogP contribution in [0.2, 0.25) is 0 Å². The van der Waals surface area contributed by atoms with E-state index in [4.69, 9.17) is 5.11 Å². The molecule has 76 valence electrons. The third-order valence-corrected chi connectivity index (χ3v) is 3.86. The van der Waals surface area contributed by atoms with E-state index in [0.717, 1.165) is 0 Å². The highest BCUT2D eigenvalue weighted by molar-refractivity contribution is 14.1. The highest BCUT2D eigenvalue weighted by atomic mass is 127. The second-order valence-corrected chi connectivity index (χ2v) is 4.95. The van der Waals surface area contributed by atoms with Gasteiger partial charge in [-0.3, -0.25) is 0 Å². The van der Waals surface area contributed by atoms with Crippen LogP contribution in [-0.2, 0) is 6.42 Å². The molecule has 0 aliphatic heterocycles. The van der Waals surface area contributed by atoms with E-state index < -0.39 is 5.97 Å². The van der Waals surface area contributed by atoms with Crippen LogP contribution >= 0.6 is 45.2 Å². The molecule has 0 amide bonds. The van der Waals surface area contributed by atoms with Crippen molar-refractivity contribution in [1.29, 1.82) is 0 Å². The maximum atomic E-state index is 10.9. The first-order chi connectivity index (χ1) is 6.49. The number of carboxylic acid groups (broad SMARTS) is 1. The molecule has 3 nitrogen and oxygen atoms in total. The van der Waals surface area contributed by atoms with Gasteiger partial charge < -0.3 is 10.2 Å². The number of carboxylic acids is 1. The minimum Gasteiger partial charge on any atom is -0.506 e. The van der Waals surface area contributed by atoms with Crippen LogP contribution in [0.1, 0.15) is 22.8 Å². The monoisotopic (exact) mass is 418 g/mol. The summed E-state index contributed by atoms with van der Waals surface area (Å²) >= 11 is 3.90. The van der Waals surface area contributed by atoms with E-state index in [1.54, 1.807) is 0 Å². The molecule has 1 aromatic carbocycles. The molecule has 2 N–H and O–H groups in total. The van der Waals surface area contributed by atoms with Gasteiger partial charge in [0, 0.05) is 0 Å². The standard InChI is InChI=1S/C9H8I2O3/c1-2-4-5(9(13)14)3-6(10)8(12)7(4)11/h3,12H,2H2,1H3,(H,13,14). The third kappa shape index (κ3) is 2.13. The maximum Gasteiger partial charge on any atom is 0.336 e. The number of phenols is 1. The number of hydrogen-bond donors (Lipinski definition) is 2. The van der Waals surface area contributed by atoms with Gasteiger partial charge in [0.25, 0.3) is 0 Å². The molecule has 14 heavy (non-hydrogen) atoms. The van der Waals surface area contributed by atoms with Crippen LogP contribution in [0.4, 0.5) is 0 Å². The average molecular weight is 418 g/mol. The molecule has 0 saturated carbocycles. The van der Waals surface area contributed by atoms with Crippen molar-refractivity contribution in [2.24, 2.45) is 0 Å². The van der Waals surface area contributed by atoms with Crippen molar-refractivity contribution < 1.29 is 15.0 Å². The van der Waals surface area contributed by atoms with Gasteiger partial charge in [-0.1, -0.05) is 6.92 Å². The summed E-state index contributed by atoms with van der Waals surface area (Å²) in [6.07, 6.45) is 0.602. The second-order valence-electron chi connectivity index (χ2n) is 2.71. The fourth-order valence-corrected chi connectivity index (χ4v) is 3.24. The smallest absolute Gasteiger partial charge is 0.336 e. The van der Waals surface area contributed by atoms with Gasteiger partial charge in [-0.25, -0.2) is 4.79 Å². The Hall–Kier alpha value is -0.0500. The molecule has 0 aliphatic rings. The molecule has 0 aliphatic carbocycles. The summed E-state index contributed by atoms with van der Waals surface area (Å²) in [4.78, 5) is 10.9. The average Bonchev–Trinajstić information content (AvgIpc) is 2.13. The molecular weight excluding hydrogens is 410 g/mol. The summed E-state index contributed by atoms with van der Waals surface area (Å²) in [6, 6.07) is 1.50. The van der Waals surface area contributed by atoms with E-state index >= 15 is 0 Å². The molecule has 0 heterocycles. The molecule has 0 bridgehead atoms. The van der Waals surface area contributed by atoms with E-state index in [0.29, 0.717) is 19.1 Å². The van der Waals surface area contributed by atoms with E-state index in [1.165, 1.54) is 6.07 Å². The molecule has 1 aromatic rings. The number of hydrogen-bond acceptors (Lipinski definition) is 2. The Morgan fingerprint density at radius 3 is 2.50 bits per heavy atom. The fourth-order valence-electron chi connectivity index (χ4n) is 1.18. The lowest BCUT2D eigenvalue weighted by atomic mass is 10.1. The minimum atomic E-state index is -0.947. The summed E-state index contributed by atoms with van der Waals surface area (Å²) < 4.78 is 1.20. The Morgan fingerprint density at radius 1 is 1.50 bits per heavy atom. The zero-order chi connectivity index (χ0) is 10.9. The quantitative estimate of drug-likeness (QED) is 0.727. The maximum absolute atomic E-state index is 10.9. The number of benzene rings is 1. The minimum absolute atomic E-state index is 0.174. The van der Waals surface area contributed by atoms with Crippen LogP contribution in [0.25, 0.3) is 0 Å². The normalized spacial score (nSPS) is 10.2. The van der Waals surface area contributed by atoms with E-state index in [2.05, 4.69) is 0 Å². The Kier molecular flexibility index (Phi) is 3.99. The lowest BCUT2D eigenvalue weighted by Gasteiger charge is -2.09. The molecule has 0 fully saturated rings. The molecule has 0 spiro atoms. The van der Waals surface area contributed by atoms with Crippen molar-refractivity contribution in [3.8, 4) is 5.75 Å². The molecule has 0 saturated heterocycles. The van der Waals surface area contributed by atoms with Crippen LogP contribution in [0.3, 0.4) is 0 Å². The van der Waals surface area contributed by atoms with E-state index in [-0.39, 0.29) is 11.3 Å².